The number of likely N-dealkylation sites (N-methyl/N-ethyl adjacent to an activating group) is 1. The van der Waals surface area contributed by atoms with Crippen LogP contribution in [0.1, 0.15) is 27.7 Å². The molecule has 1 aromatic heterocycles. The lowest BCUT2D eigenvalue weighted by Crippen LogP contribution is -2.39. The van der Waals surface area contributed by atoms with Crippen molar-refractivity contribution in [3.05, 3.63) is 16.0 Å². The number of ether oxygens (including phenoxy) is 1. The molecule has 0 unspecified atom stereocenters. The lowest BCUT2D eigenvalue weighted by Gasteiger charge is -2.19. The van der Waals surface area contributed by atoms with Crippen LogP contribution in [0.3, 0.4) is 0 Å². The number of amides is 2. The van der Waals surface area contributed by atoms with E-state index in [1.807, 2.05) is 0 Å². The summed E-state index contributed by atoms with van der Waals surface area (Å²) in [7, 11) is 1.24. The molecule has 0 saturated carbocycles. The highest BCUT2D eigenvalue weighted by molar-refractivity contribution is 7.16. The van der Waals surface area contributed by atoms with Crippen LogP contribution in [0, 0.1) is 13.8 Å². The number of aromatic carboxylic acids is 1. The summed E-state index contributed by atoms with van der Waals surface area (Å²) in [6.07, 6.45) is 0. The zero-order valence-electron chi connectivity index (χ0n) is 12.3. The molecule has 1 heterocycles. The molecule has 8 heteroatoms. The Morgan fingerprint density at radius 2 is 1.95 bits per heavy atom. The fourth-order valence-electron chi connectivity index (χ4n) is 1.70. The van der Waals surface area contributed by atoms with E-state index < -0.39 is 18.0 Å². The average Bonchev–Trinajstić information content (AvgIpc) is 2.70. The summed E-state index contributed by atoms with van der Waals surface area (Å²) < 4.78 is 4.52. The summed E-state index contributed by atoms with van der Waals surface area (Å²) in [5.74, 6) is -1.63. The quantitative estimate of drug-likeness (QED) is 0.811. The number of carboxylic acids is 1. The first-order chi connectivity index (χ1) is 9.81. The normalized spacial score (nSPS) is 10.1. The van der Waals surface area contributed by atoms with E-state index in [1.54, 1.807) is 20.8 Å². The van der Waals surface area contributed by atoms with E-state index in [-0.39, 0.29) is 17.1 Å². The highest BCUT2D eigenvalue weighted by Crippen LogP contribution is 2.32. The van der Waals surface area contributed by atoms with Crippen molar-refractivity contribution < 1.29 is 24.2 Å². The maximum absolute atomic E-state index is 12.1. The third-order valence-electron chi connectivity index (χ3n) is 3.04. The highest BCUT2D eigenvalue weighted by atomic mass is 32.1. The number of carboxylic acid groups (broad SMARTS) is 1. The van der Waals surface area contributed by atoms with Crippen molar-refractivity contribution in [3.63, 3.8) is 0 Å². The van der Waals surface area contributed by atoms with Crippen molar-refractivity contribution in [2.45, 2.75) is 20.8 Å². The second-order valence-electron chi connectivity index (χ2n) is 4.31. The molecular formula is C13H18N2O5S. The third-order valence-corrected chi connectivity index (χ3v) is 4.16. The van der Waals surface area contributed by atoms with Crippen LogP contribution in [-0.2, 0) is 9.53 Å². The molecule has 0 radical (unpaired) electrons. The van der Waals surface area contributed by atoms with Gasteiger partial charge in [0.05, 0.1) is 12.7 Å². The summed E-state index contributed by atoms with van der Waals surface area (Å²) in [5, 5.41) is 12.0. The highest BCUT2D eigenvalue weighted by Gasteiger charge is 2.23. The largest absolute Gasteiger partial charge is 0.478 e. The number of nitrogens with one attached hydrogen (secondary N) is 1. The van der Waals surface area contributed by atoms with Crippen LogP contribution in [0.4, 0.5) is 9.80 Å². The van der Waals surface area contributed by atoms with Gasteiger partial charge in [0.25, 0.3) is 0 Å². The van der Waals surface area contributed by atoms with E-state index in [9.17, 15) is 19.5 Å². The van der Waals surface area contributed by atoms with Gasteiger partial charge in [0.15, 0.2) is 0 Å². The van der Waals surface area contributed by atoms with Crippen LogP contribution in [0.5, 0.6) is 0 Å². The van der Waals surface area contributed by atoms with Gasteiger partial charge < -0.3 is 14.7 Å². The Morgan fingerprint density at radius 3 is 2.43 bits per heavy atom. The molecule has 2 N–H and O–H groups in total. The molecule has 116 valence electrons. The molecule has 0 atom stereocenters. The minimum atomic E-state index is -1.09. The van der Waals surface area contributed by atoms with Crippen LogP contribution >= 0.6 is 11.3 Å². The van der Waals surface area contributed by atoms with E-state index in [0.29, 0.717) is 12.1 Å². The van der Waals surface area contributed by atoms with Crippen molar-refractivity contribution in [3.8, 4) is 0 Å². The lowest BCUT2D eigenvalue weighted by atomic mass is 10.1. The zero-order chi connectivity index (χ0) is 16.2. The monoisotopic (exact) mass is 314 g/mol. The van der Waals surface area contributed by atoms with Crippen molar-refractivity contribution in [1.29, 1.82) is 0 Å². The maximum atomic E-state index is 12.1. The van der Waals surface area contributed by atoms with Gasteiger partial charge in [-0.15, -0.1) is 11.3 Å². The number of hydrogen-bond acceptors (Lipinski definition) is 5. The van der Waals surface area contributed by atoms with E-state index in [0.717, 1.165) is 4.88 Å². The fraction of sp³-hybridized carbons (Fsp3) is 0.462. The zero-order valence-corrected chi connectivity index (χ0v) is 13.2. The molecule has 2 amide bonds. The number of rotatable bonds is 5. The molecule has 0 aliphatic carbocycles. The van der Waals surface area contributed by atoms with Gasteiger partial charge in [-0.05, 0) is 26.3 Å². The van der Waals surface area contributed by atoms with Crippen molar-refractivity contribution in [2.24, 2.45) is 0 Å². The summed E-state index contributed by atoms with van der Waals surface area (Å²) in [6, 6.07) is -0.536. The number of anilines is 1. The predicted molar refractivity (Wildman–Crippen MR) is 79.0 cm³/mol. The number of carbonyl (C=O) groups excluding carboxylic acids is 2. The van der Waals surface area contributed by atoms with Gasteiger partial charge in [-0.25, -0.2) is 9.59 Å². The van der Waals surface area contributed by atoms with Gasteiger partial charge in [-0.3, -0.25) is 10.1 Å². The Morgan fingerprint density at radius 1 is 1.33 bits per heavy atom. The van der Waals surface area contributed by atoms with Gasteiger partial charge in [-0.2, -0.15) is 0 Å². The van der Waals surface area contributed by atoms with Gasteiger partial charge in [0, 0.05) is 11.4 Å². The summed E-state index contributed by atoms with van der Waals surface area (Å²) in [5.41, 5.74) is 0.707. The van der Waals surface area contributed by atoms with Crippen LogP contribution in [-0.4, -0.2) is 48.2 Å². The number of esters is 1. The first kappa shape index (κ1) is 17.0. The lowest BCUT2D eigenvalue weighted by molar-refractivity contribution is -0.141. The van der Waals surface area contributed by atoms with Crippen LogP contribution in [0.2, 0.25) is 0 Å². The molecule has 0 fully saturated rings. The molecule has 21 heavy (non-hydrogen) atoms. The molecule has 0 spiro atoms. The Kier molecular flexibility index (Phi) is 5.71. The van der Waals surface area contributed by atoms with Crippen molar-refractivity contribution in [2.75, 3.05) is 25.5 Å². The summed E-state index contributed by atoms with van der Waals surface area (Å²) in [6.45, 7) is 5.30. The van der Waals surface area contributed by atoms with E-state index in [4.69, 9.17) is 0 Å². The first-order valence-corrected chi connectivity index (χ1v) is 7.09. The Bertz CT molecular complexity index is 567. The Labute approximate surface area is 126 Å². The Balaban J connectivity index is 2.94. The first-order valence-electron chi connectivity index (χ1n) is 6.27. The van der Waals surface area contributed by atoms with Crippen LogP contribution < -0.4 is 5.32 Å². The molecule has 0 aliphatic rings. The number of carbonyl (C=O) groups is 3. The van der Waals surface area contributed by atoms with E-state index >= 15 is 0 Å². The maximum Gasteiger partial charge on any atom is 0.338 e. The minimum absolute atomic E-state index is 0.0833. The predicted octanol–water partition coefficient (Wildman–Crippen LogP) is 2.09. The number of urea groups is 1. The number of methoxy groups -OCH3 is 1. The number of aryl methyl sites for hydroxylation is 1. The Hall–Kier alpha value is -2.09. The van der Waals surface area contributed by atoms with Gasteiger partial charge in [0.1, 0.15) is 11.5 Å². The summed E-state index contributed by atoms with van der Waals surface area (Å²) in [4.78, 5) is 36.7. The van der Waals surface area contributed by atoms with Crippen LogP contribution in [0.15, 0.2) is 0 Å². The SMILES string of the molecule is CCN(CC(=O)OC)C(=O)Nc1sc(C)c(C)c1C(=O)O. The number of nitrogens with zero attached hydrogens (tertiary/aromatic N) is 1. The van der Waals surface area contributed by atoms with E-state index in [2.05, 4.69) is 10.1 Å². The molecule has 0 aliphatic heterocycles. The molecule has 0 saturated heterocycles. The van der Waals surface area contributed by atoms with Gasteiger partial charge in [-0.1, -0.05) is 0 Å². The molecule has 0 aromatic carbocycles. The van der Waals surface area contributed by atoms with Gasteiger partial charge >= 0.3 is 18.0 Å². The smallest absolute Gasteiger partial charge is 0.338 e. The van der Waals surface area contributed by atoms with E-state index in [1.165, 1.54) is 23.3 Å². The molecule has 7 nitrogen and oxygen atoms in total. The van der Waals surface area contributed by atoms with Gasteiger partial charge in [0.2, 0.25) is 0 Å². The standard InChI is InChI=1S/C13H18N2O5S/c1-5-15(6-9(16)20-4)13(19)14-11-10(12(17)18)7(2)8(3)21-11/h5-6H2,1-4H3,(H,14,19)(H,17,18). The second-order valence-corrected chi connectivity index (χ2v) is 5.54. The molecule has 1 rings (SSSR count). The third kappa shape index (κ3) is 3.94. The summed E-state index contributed by atoms with van der Waals surface area (Å²) >= 11 is 1.19. The topological polar surface area (TPSA) is 95.9 Å². The molecule has 1 aromatic rings. The van der Waals surface area contributed by atoms with Crippen LogP contribution in [0.25, 0.3) is 0 Å². The molecular weight excluding hydrogens is 296 g/mol. The number of hydrogen-bond donors (Lipinski definition) is 2. The average molecular weight is 314 g/mol. The van der Waals surface area contributed by atoms with Crippen molar-refractivity contribution >= 4 is 34.3 Å². The second kappa shape index (κ2) is 7.07. The fourth-order valence-corrected chi connectivity index (χ4v) is 2.74. The molecule has 0 bridgehead atoms. The minimum Gasteiger partial charge on any atom is -0.478 e. The number of thiophene rings is 1. The van der Waals surface area contributed by atoms with Crippen molar-refractivity contribution in [1.82, 2.24) is 4.90 Å².